The maximum absolute atomic E-state index is 12.5. The third-order valence-corrected chi connectivity index (χ3v) is 6.79. The predicted molar refractivity (Wildman–Crippen MR) is 102 cm³/mol. The van der Waals surface area contributed by atoms with Crippen molar-refractivity contribution in [1.29, 1.82) is 0 Å². The van der Waals surface area contributed by atoms with Gasteiger partial charge in [-0.05, 0) is 80.1 Å². The van der Waals surface area contributed by atoms with E-state index in [1.807, 2.05) is 12.1 Å². The molecule has 6 rings (SSSR count). The Labute approximate surface area is 159 Å². The number of esters is 1. The lowest BCUT2D eigenvalue weighted by atomic mass is 9.49. The molecule has 1 aromatic carbocycles. The highest BCUT2D eigenvalue weighted by Gasteiger charge is 2.55. The van der Waals surface area contributed by atoms with Crippen molar-refractivity contribution in [3.8, 4) is 11.5 Å². The van der Waals surface area contributed by atoms with Gasteiger partial charge in [0.1, 0.15) is 11.5 Å². The highest BCUT2D eigenvalue weighted by atomic mass is 16.6. The van der Waals surface area contributed by atoms with E-state index < -0.39 is 0 Å². The molecule has 1 heterocycles. The summed E-state index contributed by atoms with van der Waals surface area (Å²) in [5.41, 5.74) is 1.18. The fourth-order valence-corrected chi connectivity index (χ4v) is 6.08. The second-order valence-corrected chi connectivity index (χ2v) is 8.68. The Hall–Kier alpha value is -2.30. The van der Waals surface area contributed by atoms with E-state index in [0.29, 0.717) is 23.1 Å². The van der Waals surface area contributed by atoms with Crippen molar-refractivity contribution >= 4 is 17.9 Å². The normalized spacial score (nSPS) is 35.3. The molecule has 1 aromatic rings. The van der Waals surface area contributed by atoms with Crippen LogP contribution in [0.1, 0.15) is 44.1 Å². The van der Waals surface area contributed by atoms with Crippen molar-refractivity contribution in [2.75, 3.05) is 14.2 Å². The molecule has 4 fully saturated rings. The Morgan fingerprint density at radius 3 is 2.07 bits per heavy atom. The number of nitrogens with zero attached hydrogens (tertiary/aromatic N) is 1. The standard InChI is InChI=1S/C22H25NO4/c1-25-17-6-13(7-18(9-17)26-2)8-19-20(24)27-21(23-19)22-10-14-3-15(11-22)5-16(4-14)12-22/h6-9,14-16H,3-5,10-12H2,1-2H3/b19-8-. The molecule has 4 saturated carbocycles. The highest BCUT2D eigenvalue weighted by Crippen LogP contribution is 2.61. The van der Waals surface area contributed by atoms with Gasteiger partial charge in [-0.25, -0.2) is 9.79 Å². The first kappa shape index (κ1) is 16.8. The molecule has 142 valence electrons. The fourth-order valence-electron chi connectivity index (χ4n) is 6.08. The van der Waals surface area contributed by atoms with E-state index in [1.165, 1.54) is 19.3 Å². The minimum absolute atomic E-state index is 0.00787. The second kappa shape index (κ2) is 6.11. The summed E-state index contributed by atoms with van der Waals surface area (Å²) in [7, 11) is 3.22. The van der Waals surface area contributed by atoms with Crippen molar-refractivity contribution in [3.63, 3.8) is 0 Å². The average molecular weight is 367 g/mol. The van der Waals surface area contributed by atoms with Gasteiger partial charge in [0, 0.05) is 11.5 Å². The number of methoxy groups -OCH3 is 2. The number of ether oxygens (including phenoxy) is 3. The SMILES string of the molecule is COc1cc(/C=C2\N=C(C34CC5CC(CC(C5)C3)C4)OC2=O)cc(OC)c1. The molecular formula is C22H25NO4. The lowest BCUT2D eigenvalue weighted by molar-refractivity contribution is -0.131. The molecule has 0 spiro atoms. The summed E-state index contributed by atoms with van der Waals surface area (Å²) in [6.07, 6.45) is 9.22. The highest BCUT2D eigenvalue weighted by molar-refractivity contribution is 6.09. The molecule has 5 heteroatoms. The van der Waals surface area contributed by atoms with Gasteiger partial charge in [0.2, 0.25) is 5.90 Å². The van der Waals surface area contributed by atoms with Crippen LogP contribution in [0, 0.1) is 23.2 Å². The quantitative estimate of drug-likeness (QED) is 0.591. The molecule has 5 nitrogen and oxygen atoms in total. The summed E-state index contributed by atoms with van der Waals surface area (Å²) >= 11 is 0. The predicted octanol–water partition coefficient (Wildman–Crippen LogP) is 4.22. The van der Waals surface area contributed by atoms with Crippen molar-refractivity contribution in [2.24, 2.45) is 28.2 Å². The first-order chi connectivity index (χ1) is 13.1. The lowest BCUT2D eigenvalue weighted by Crippen LogP contribution is -2.50. The van der Waals surface area contributed by atoms with Crippen LogP contribution >= 0.6 is 0 Å². The van der Waals surface area contributed by atoms with Gasteiger partial charge in [0.25, 0.3) is 0 Å². The molecule has 27 heavy (non-hydrogen) atoms. The van der Waals surface area contributed by atoms with Crippen LogP contribution in [0.15, 0.2) is 28.9 Å². The Morgan fingerprint density at radius 1 is 1.00 bits per heavy atom. The lowest BCUT2D eigenvalue weighted by Gasteiger charge is -2.55. The number of benzene rings is 1. The topological polar surface area (TPSA) is 57.1 Å². The van der Waals surface area contributed by atoms with Crippen LogP contribution in [0.3, 0.4) is 0 Å². The molecule has 0 radical (unpaired) electrons. The number of carbonyl (C=O) groups is 1. The summed E-state index contributed by atoms with van der Waals surface area (Å²) < 4.78 is 16.4. The third kappa shape index (κ3) is 2.84. The van der Waals surface area contributed by atoms with Crippen LogP contribution in [0.2, 0.25) is 0 Å². The van der Waals surface area contributed by atoms with Crippen molar-refractivity contribution in [1.82, 2.24) is 0 Å². The number of cyclic esters (lactones) is 1. The van der Waals surface area contributed by atoms with Gasteiger partial charge in [-0.3, -0.25) is 0 Å². The van der Waals surface area contributed by atoms with E-state index in [1.54, 1.807) is 26.4 Å². The zero-order valence-corrected chi connectivity index (χ0v) is 15.9. The molecule has 1 aliphatic heterocycles. The van der Waals surface area contributed by atoms with Crippen LogP contribution in [0.25, 0.3) is 6.08 Å². The summed E-state index contributed by atoms with van der Waals surface area (Å²) in [6, 6.07) is 5.53. The molecule has 4 bridgehead atoms. The summed E-state index contributed by atoms with van der Waals surface area (Å²) in [4.78, 5) is 17.2. The van der Waals surface area contributed by atoms with E-state index >= 15 is 0 Å². The molecule has 5 aliphatic rings. The van der Waals surface area contributed by atoms with Crippen LogP contribution in [0.4, 0.5) is 0 Å². The smallest absolute Gasteiger partial charge is 0.363 e. The minimum Gasteiger partial charge on any atom is -0.497 e. The number of hydrogen-bond acceptors (Lipinski definition) is 5. The monoisotopic (exact) mass is 367 g/mol. The largest absolute Gasteiger partial charge is 0.497 e. The summed E-state index contributed by atoms with van der Waals surface area (Å²) in [5.74, 6) is 4.04. The minimum atomic E-state index is -0.345. The number of carbonyl (C=O) groups excluding carboxylic acids is 1. The zero-order chi connectivity index (χ0) is 18.6. The number of aliphatic imine (C=N–C) groups is 1. The average Bonchev–Trinajstić information content (AvgIpc) is 3.01. The Balaban J connectivity index is 1.47. The van der Waals surface area contributed by atoms with E-state index in [4.69, 9.17) is 14.2 Å². The maximum Gasteiger partial charge on any atom is 0.363 e. The van der Waals surface area contributed by atoms with Gasteiger partial charge >= 0.3 is 5.97 Å². The van der Waals surface area contributed by atoms with E-state index in [9.17, 15) is 4.79 Å². The zero-order valence-electron chi connectivity index (χ0n) is 15.9. The van der Waals surface area contributed by atoms with Crippen molar-refractivity contribution in [3.05, 3.63) is 29.5 Å². The first-order valence-electron chi connectivity index (χ1n) is 9.83. The second-order valence-electron chi connectivity index (χ2n) is 8.68. The molecule has 0 N–H and O–H groups in total. The summed E-state index contributed by atoms with van der Waals surface area (Å²) in [5, 5.41) is 0. The third-order valence-electron chi connectivity index (χ3n) is 6.79. The maximum atomic E-state index is 12.5. The Bertz CT molecular complexity index is 796. The van der Waals surface area contributed by atoms with Gasteiger partial charge in [-0.15, -0.1) is 0 Å². The summed E-state index contributed by atoms with van der Waals surface area (Å²) in [6.45, 7) is 0. The molecule has 0 atom stereocenters. The van der Waals surface area contributed by atoms with Gasteiger partial charge in [-0.1, -0.05) is 0 Å². The van der Waals surface area contributed by atoms with Gasteiger partial charge in [-0.2, -0.15) is 0 Å². The van der Waals surface area contributed by atoms with Crippen LogP contribution in [-0.2, 0) is 9.53 Å². The van der Waals surface area contributed by atoms with E-state index in [0.717, 1.165) is 42.6 Å². The van der Waals surface area contributed by atoms with Crippen LogP contribution in [0.5, 0.6) is 11.5 Å². The van der Waals surface area contributed by atoms with E-state index in [2.05, 4.69) is 4.99 Å². The first-order valence-corrected chi connectivity index (χ1v) is 9.83. The van der Waals surface area contributed by atoms with Crippen molar-refractivity contribution in [2.45, 2.75) is 38.5 Å². The fraction of sp³-hybridized carbons (Fsp3) is 0.545. The molecule has 0 saturated heterocycles. The van der Waals surface area contributed by atoms with Gasteiger partial charge in [0.15, 0.2) is 5.70 Å². The van der Waals surface area contributed by atoms with E-state index in [-0.39, 0.29) is 11.4 Å². The molecule has 0 aromatic heterocycles. The molecular weight excluding hydrogens is 342 g/mol. The Morgan fingerprint density at radius 2 is 1.56 bits per heavy atom. The van der Waals surface area contributed by atoms with Gasteiger partial charge in [0.05, 0.1) is 14.2 Å². The van der Waals surface area contributed by atoms with Crippen molar-refractivity contribution < 1.29 is 19.0 Å². The number of rotatable bonds is 4. The molecule has 4 aliphatic carbocycles. The molecule has 0 unspecified atom stereocenters. The molecule has 0 amide bonds. The number of hydrogen-bond donors (Lipinski definition) is 0. The van der Waals surface area contributed by atoms with Crippen LogP contribution in [-0.4, -0.2) is 26.1 Å². The van der Waals surface area contributed by atoms with Crippen LogP contribution < -0.4 is 9.47 Å². The van der Waals surface area contributed by atoms with Gasteiger partial charge < -0.3 is 14.2 Å². The Kier molecular flexibility index (Phi) is 3.81.